The van der Waals surface area contributed by atoms with Crippen molar-refractivity contribution in [2.24, 2.45) is 0 Å². The Morgan fingerprint density at radius 1 is 1.03 bits per heavy atom. The van der Waals surface area contributed by atoms with Gasteiger partial charge < -0.3 is 4.98 Å². The maximum Gasteiger partial charge on any atom is 0.262 e. The third-order valence-corrected chi connectivity index (χ3v) is 5.71. The zero-order chi connectivity index (χ0) is 20.5. The molecule has 2 aromatic carbocycles. The zero-order valence-electron chi connectivity index (χ0n) is 15.0. The molecule has 0 saturated carbocycles. The summed E-state index contributed by atoms with van der Waals surface area (Å²) in [6.45, 7) is 4.02. The van der Waals surface area contributed by atoms with Gasteiger partial charge in [-0.15, -0.1) is 6.58 Å². The summed E-state index contributed by atoms with van der Waals surface area (Å²) >= 11 is 13.4. The van der Waals surface area contributed by atoms with Crippen LogP contribution in [0.25, 0.3) is 21.8 Å². The number of H-pyrrole nitrogens is 1. The van der Waals surface area contributed by atoms with Crippen molar-refractivity contribution in [2.75, 3.05) is 0 Å². The fourth-order valence-corrected chi connectivity index (χ4v) is 4.15. The maximum atomic E-state index is 12.9. The molecule has 29 heavy (non-hydrogen) atoms. The molecule has 0 bridgehead atoms. The predicted molar refractivity (Wildman–Crippen MR) is 118 cm³/mol. The summed E-state index contributed by atoms with van der Waals surface area (Å²) in [6.07, 6.45) is 1.63. The van der Waals surface area contributed by atoms with Crippen LogP contribution in [0.4, 0.5) is 0 Å². The average Bonchev–Trinajstić information content (AvgIpc) is 2.68. The van der Waals surface area contributed by atoms with Gasteiger partial charge in [0.05, 0.1) is 27.6 Å². The highest BCUT2D eigenvalue weighted by molar-refractivity contribution is 7.98. The molecular formula is C20H14Cl2N4O2S. The Labute approximate surface area is 179 Å². The van der Waals surface area contributed by atoms with Gasteiger partial charge in [0.25, 0.3) is 11.1 Å². The monoisotopic (exact) mass is 444 g/mol. The van der Waals surface area contributed by atoms with Crippen molar-refractivity contribution >= 4 is 56.8 Å². The van der Waals surface area contributed by atoms with Crippen LogP contribution in [0, 0.1) is 0 Å². The lowest BCUT2D eigenvalue weighted by atomic mass is 10.2. The number of aromatic nitrogens is 4. The quantitative estimate of drug-likeness (QED) is 0.280. The molecule has 0 aliphatic rings. The number of halogens is 2. The highest BCUT2D eigenvalue weighted by Gasteiger charge is 2.13. The third-order valence-electron chi connectivity index (χ3n) is 4.25. The molecule has 1 N–H and O–H groups in total. The largest absolute Gasteiger partial charge is 0.309 e. The smallest absolute Gasteiger partial charge is 0.262 e. The van der Waals surface area contributed by atoms with Crippen molar-refractivity contribution in [2.45, 2.75) is 17.5 Å². The van der Waals surface area contributed by atoms with Gasteiger partial charge in [0, 0.05) is 16.6 Å². The summed E-state index contributed by atoms with van der Waals surface area (Å²) in [7, 11) is 0. The average molecular weight is 445 g/mol. The number of thioether (sulfide) groups is 1. The van der Waals surface area contributed by atoms with E-state index < -0.39 is 0 Å². The Balaban J connectivity index is 1.75. The number of allylic oxidation sites excluding steroid dienone is 1. The molecule has 0 spiro atoms. The first kappa shape index (κ1) is 19.7. The molecule has 2 aromatic heterocycles. The van der Waals surface area contributed by atoms with Crippen LogP contribution in [0.3, 0.4) is 0 Å². The Bertz CT molecular complexity index is 1380. The number of rotatable bonds is 5. The molecule has 0 fully saturated rings. The van der Waals surface area contributed by atoms with Crippen molar-refractivity contribution in [3.05, 3.63) is 85.6 Å². The number of hydrogen-bond acceptors (Lipinski definition) is 5. The topological polar surface area (TPSA) is 80.6 Å². The summed E-state index contributed by atoms with van der Waals surface area (Å²) < 4.78 is 1.53. The molecule has 2 heterocycles. The second kappa shape index (κ2) is 8.02. The van der Waals surface area contributed by atoms with Crippen molar-refractivity contribution in [1.29, 1.82) is 0 Å². The van der Waals surface area contributed by atoms with Crippen LogP contribution in [0.15, 0.2) is 63.8 Å². The van der Waals surface area contributed by atoms with Crippen molar-refractivity contribution in [3.8, 4) is 0 Å². The van der Waals surface area contributed by atoms with E-state index in [1.165, 1.54) is 16.3 Å². The van der Waals surface area contributed by atoms with Gasteiger partial charge in [-0.3, -0.25) is 14.2 Å². The fraction of sp³-hybridized carbons (Fsp3) is 0.100. The van der Waals surface area contributed by atoms with Gasteiger partial charge in [0.1, 0.15) is 5.82 Å². The minimum absolute atomic E-state index is 0.180. The lowest BCUT2D eigenvalue weighted by molar-refractivity contribution is 0.671. The molecule has 146 valence electrons. The number of aromatic amines is 1. The minimum Gasteiger partial charge on any atom is -0.309 e. The van der Waals surface area contributed by atoms with E-state index in [2.05, 4.69) is 21.5 Å². The fourth-order valence-electron chi connectivity index (χ4n) is 2.94. The van der Waals surface area contributed by atoms with Gasteiger partial charge in [-0.25, -0.2) is 9.97 Å². The first-order valence-corrected chi connectivity index (χ1v) is 10.3. The number of fused-ring (bicyclic) bond motifs is 2. The molecule has 4 aromatic rings. The SMILES string of the molecule is C=CCn1c(SCc2nc3cc(Cl)ccc3c(=O)[nH]2)nc2cc(Cl)ccc2c1=O. The first-order valence-electron chi connectivity index (χ1n) is 8.58. The highest BCUT2D eigenvalue weighted by Crippen LogP contribution is 2.23. The Morgan fingerprint density at radius 3 is 2.38 bits per heavy atom. The second-order valence-corrected chi connectivity index (χ2v) is 8.04. The molecule has 4 rings (SSSR count). The Morgan fingerprint density at radius 2 is 1.69 bits per heavy atom. The third kappa shape index (κ3) is 3.94. The molecule has 0 aliphatic heterocycles. The zero-order valence-corrected chi connectivity index (χ0v) is 17.3. The van der Waals surface area contributed by atoms with Crippen LogP contribution in [0.1, 0.15) is 5.82 Å². The molecule has 0 unspecified atom stereocenters. The van der Waals surface area contributed by atoms with Gasteiger partial charge in [-0.05, 0) is 36.4 Å². The van der Waals surface area contributed by atoms with Gasteiger partial charge >= 0.3 is 0 Å². The molecule has 0 saturated heterocycles. The standard InChI is InChI=1S/C20H14Cl2N4O2S/c1-2-7-26-19(28)14-6-4-12(22)9-16(14)24-20(26)29-10-17-23-15-8-11(21)3-5-13(15)18(27)25-17/h2-6,8-9H,1,7,10H2,(H,23,25,27). The van der Waals surface area contributed by atoms with E-state index in [4.69, 9.17) is 23.2 Å². The summed E-state index contributed by atoms with van der Waals surface area (Å²) in [5.41, 5.74) is 0.598. The molecule has 9 heteroatoms. The second-order valence-electron chi connectivity index (χ2n) is 6.22. The molecule has 0 radical (unpaired) electrons. The van der Waals surface area contributed by atoms with Crippen LogP contribution >= 0.6 is 35.0 Å². The number of benzene rings is 2. The van der Waals surface area contributed by atoms with Crippen molar-refractivity contribution in [1.82, 2.24) is 19.5 Å². The van der Waals surface area contributed by atoms with Crippen LogP contribution in [0.2, 0.25) is 10.0 Å². The molecule has 0 amide bonds. The molecule has 0 atom stereocenters. The van der Waals surface area contributed by atoms with E-state index in [1.807, 2.05) is 0 Å². The van der Waals surface area contributed by atoms with Crippen LogP contribution in [-0.4, -0.2) is 19.5 Å². The van der Waals surface area contributed by atoms with Crippen LogP contribution in [-0.2, 0) is 12.3 Å². The normalized spacial score (nSPS) is 11.2. The van der Waals surface area contributed by atoms with Crippen molar-refractivity contribution in [3.63, 3.8) is 0 Å². The highest BCUT2D eigenvalue weighted by atomic mass is 35.5. The lowest BCUT2D eigenvalue weighted by Gasteiger charge is -2.11. The van der Waals surface area contributed by atoms with Gasteiger partial charge in [0.2, 0.25) is 0 Å². The number of hydrogen-bond donors (Lipinski definition) is 1. The first-order chi connectivity index (χ1) is 14.0. The minimum atomic E-state index is -0.246. The van der Waals surface area contributed by atoms with E-state index >= 15 is 0 Å². The van der Waals surface area contributed by atoms with Crippen LogP contribution < -0.4 is 11.1 Å². The van der Waals surface area contributed by atoms with Gasteiger partial charge in [-0.1, -0.05) is 41.0 Å². The van der Waals surface area contributed by atoms with Crippen molar-refractivity contribution < 1.29 is 0 Å². The van der Waals surface area contributed by atoms with Crippen LogP contribution in [0.5, 0.6) is 0 Å². The lowest BCUT2D eigenvalue weighted by Crippen LogP contribution is -2.23. The van der Waals surface area contributed by atoms with E-state index in [1.54, 1.807) is 42.5 Å². The van der Waals surface area contributed by atoms with Gasteiger partial charge in [0.15, 0.2) is 5.16 Å². The number of nitrogens with one attached hydrogen (secondary N) is 1. The van der Waals surface area contributed by atoms with E-state index in [0.29, 0.717) is 55.1 Å². The summed E-state index contributed by atoms with van der Waals surface area (Å²) in [5, 5.41) is 2.43. The van der Waals surface area contributed by atoms with E-state index in [9.17, 15) is 9.59 Å². The predicted octanol–water partition coefficient (Wildman–Crippen LogP) is 4.42. The van der Waals surface area contributed by atoms with E-state index in [-0.39, 0.29) is 11.1 Å². The maximum absolute atomic E-state index is 12.9. The van der Waals surface area contributed by atoms with E-state index in [0.717, 1.165) is 0 Å². The summed E-state index contributed by atoms with van der Waals surface area (Å²) in [4.78, 5) is 37.0. The Kier molecular flexibility index (Phi) is 5.45. The molecule has 6 nitrogen and oxygen atoms in total. The molecule has 0 aliphatic carbocycles. The summed E-state index contributed by atoms with van der Waals surface area (Å²) in [5.74, 6) is 0.772. The number of nitrogens with zero attached hydrogens (tertiary/aromatic N) is 3. The molecular weight excluding hydrogens is 431 g/mol. The Hall–Kier alpha value is -2.61. The van der Waals surface area contributed by atoms with Gasteiger partial charge in [-0.2, -0.15) is 0 Å². The summed E-state index contributed by atoms with van der Waals surface area (Å²) in [6, 6.07) is 9.90.